The molecule has 2 aliphatic rings. The van der Waals surface area contributed by atoms with Crippen LogP contribution in [0.3, 0.4) is 0 Å². The lowest BCUT2D eigenvalue weighted by Crippen LogP contribution is -2.58. The Labute approximate surface area is 428 Å². The third-order valence-corrected chi connectivity index (χ3v) is 14.7. The van der Waals surface area contributed by atoms with Gasteiger partial charge in [-0.1, -0.05) is 57.2 Å². The Kier molecular flexibility index (Phi) is 18.5. The summed E-state index contributed by atoms with van der Waals surface area (Å²) in [6.45, 7) is 19.8. The van der Waals surface area contributed by atoms with E-state index in [9.17, 15) is 24.3 Å². The van der Waals surface area contributed by atoms with Crippen molar-refractivity contribution in [1.82, 2.24) is 30.8 Å². The average molecular weight is 1000 g/mol. The van der Waals surface area contributed by atoms with Crippen molar-refractivity contribution in [2.45, 2.75) is 125 Å². The predicted octanol–water partition coefficient (Wildman–Crippen LogP) is 7.29. The number of β-amino-alcohol motifs (C(OH)–C–C–N with tert-alkyl or cyclic N) is 1. The summed E-state index contributed by atoms with van der Waals surface area (Å²) in [7, 11) is 0. The summed E-state index contributed by atoms with van der Waals surface area (Å²) < 4.78 is 17.5. The first-order valence-electron chi connectivity index (χ1n) is 25.2. The summed E-state index contributed by atoms with van der Waals surface area (Å²) in [5, 5.41) is 20.0. The van der Waals surface area contributed by atoms with E-state index in [1.54, 1.807) is 11.3 Å². The van der Waals surface area contributed by atoms with Gasteiger partial charge in [0.1, 0.15) is 24.4 Å². The molecule has 7 rings (SSSR count). The van der Waals surface area contributed by atoms with Gasteiger partial charge in [-0.3, -0.25) is 19.2 Å². The van der Waals surface area contributed by atoms with Gasteiger partial charge in [-0.15, -0.1) is 11.3 Å². The van der Waals surface area contributed by atoms with Crippen LogP contribution < -0.4 is 31.1 Å². The third-order valence-electron chi connectivity index (χ3n) is 13.7. The molecule has 2 saturated heterocycles. The Balaban J connectivity index is 0.897. The van der Waals surface area contributed by atoms with Crippen molar-refractivity contribution in [3.63, 3.8) is 0 Å². The van der Waals surface area contributed by atoms with Gasteiger partial charge >= 0.3 is 0 Å². The number of aryl methyl sites for hydroxylation is 3. The van der Waals surface area contributed by atoms with E-state index in [-0.39, 0.29) is 44.2 Å². The zero-order valence-electron chi connectivity index (χ0n) is 43.2. The average Bonchev–Trinajstić information content (AvgIpc) is 3.98. The molecule has 2 aliphatic heterocycles. The molecular formula is C56H73N7O8S. The molecule has 3 atom stereocenters. The number of hydrogen-bond donors (Lipinski definition) is 5. The highest BCUT2D eigenvalue weighted by Crippen LogP contribution is 2.35. The molecule has 16 heteroatoms. The van der Waals surface area contributed by atoms with Gasteiger partial charge in [0.05, 0.1) is 35.4 Å². The Morgan fingerprint density at radius 1 is 0.944 bits per heavy atom. The molecular weight excluding hydrogens is 931 g/mol. The van der Waals surface area contributed by atoms with Crippen LogP contribution in [0.25, 0.3) is 21.6 Å². The molecule has 3 aromatic carbocycles. The number of aromatic amines is 1. The summed E-state index contributed by atoms with van der Waals surface area (Å²) in [5.74, 6) is -0.542. The Morgan fingerprint density at radius 2 is 1.67 bits per heavy atom. The maximum Gasteiger partial charge on any atom is 0.252 e. The number of carbonyl (C=O) groups excluding carboxylic acids is 3. The summed E-state index contributed by atoms with van der Waals surface area (Å²) >= 11 is 1.58. The van der Waals surface area contributed by atoms with Crippen LogP contribution in [0, 0.1) is 33.1 Å². The Morgan fingerprint density at radius 3 is 2.33 bits per heavy atom. The Bertz CT molecular complexity index is 2690. The van der Waals surface area contributed by atoms with Crippen molar-refractivity contribution in [2.24, 2.45) is 5.41 Å². The first kappa shape index (κ1) is 53.9. The van der Waals surface area contributed by atoms with Crippen molar-refractivity contribution in [3.05, 3.63) is 122 Å². The van der Waals surface area contributed by atoms with E-state index in [0.717, 1.165) is 82.2 Å². The molecule has 72 heavy (non-hydrogen) atoms. The Hall–Kier alpha value is -5.91. The maximum atomic E-state index is 14.1. The van der Waals surface area contributed by atoms with Crippen molar-refractivity contribution in [1.29, 1.82) is 0 Å². The zero-order valence-corrected chi connectivity index (χ0v) is 44.0. The smallest absolute Gasteiger partial charge is 0.252 e. The van der Waals surface area contributed by atoms with E-state index >= 15 is 0 Å². The molecule has 0 bridgehead atoms. The molecule has 2 fully saturated rings. The van der Waals surface area contributed by atoms with Crippen molar-refractivity contribution < 1.29 is 33.7 Å². The van der Waals surface area contributed by atoms with E-state index < -0.39 is 35.4 Å². The van der Waals surface area contributed by atoms with E-state index in [1.165, 1.54) is 21.7 Å². The van der Waals surface area contributed by atoms with E-state index in [1.807, 2.05) is 89.5 Å². The number of carbonyl (C=O) groups is 3. The number of rotatable bonds is 21. The van der Waals surface area contributed by atoms with Gasteiger partial charge in [-0.2, -0.15) is 0 Å². The van der Waals surface area contributed by atoms with E-state index in [2.05, 4.69) is 68.9 Å². The monoisotopic (exact) mass is 1000 g/mol. The number of hydrogen-bond acceptors (Lipinski definition) is 12. The topological polar surface area (TPSA) is 187 Å². The highest BCUT2D eigenvalue weighted by molar-refractivity contribution is 7.13. The third kappa shape index (κ3) is 13.8. The largest absolute Gasteiger partial charge is 0.494 e. The number of aliphatic hydroxyl groups excluding tert-OH is 1. The lowest BCUT2D eigenvalue weighted by molar-refractivity contribution is -0.144. The minimum atomic E-state index is -0.962. The number of benzene rings is 3. The van der Waals surface area contributed by atoms with Crippen molar-refractivity contribution >= 4 is 34.7 Å². The lowest BCUT2D eigenvalue weighted by Gasteiger charge is -2.37. The predicted molar refractivity (Wildman–Crippen MR) is 283 cm³/mol. The quantitative estimate of drug-likeness (QED) is 0.0465. The van der Waals surface area contributed by atoms with Crippen LogP contribution in [0.5, 0.6) is 5.75 Å². The maximum absolute atomic E-state index is 14.1. The normalized spacial score (nSPS) is 16.7. The highest BCUT2D eigenvalue weighted by atomic mass is 32.1. The molecule has 15 nitrogen and oxygen atoms in total. The minimum absolute atomic E-state index is 0.0122. The molecule has 5 N–H and O–H groups in total. The standard InChI is InChI=1S/C56H73N7O8S/c1-9-62(44-19-23-69-24-20-44)48-27-42(26-43(37(48)4)30-57-31-47-35(2)25-36(3)60-53(47)66)40-15-17-46(18-16-40)71-22-10-21-70-33-50(65)61-52(56(6,7)8)55(68)63-32-45(64)28-49(63)54(67)58-29-39-11-13-41(14-12-39)51-38(5)59-34-72-51/h11-18,25-27,34,44-45,49,52,57,64H,9-10,19-24,28-33H2,1-8H3,(H,58,67)(H,60,66)(H,61,65)/t45-,49+,52-/m1/s1. The molecule has 0 aliphatic carbocycles. The number of thiazole rings is 1. The van der Waals surface area contributed by atoms with Crippen LogP contribution in [-0.4, -0.2) is 108 Å². The van der Waals surface area contributed by atoms with Gasteiger partial charge < -0.3 is 50.1 Å². The van der Waals surface area contributed by atoms with Crippen LogP contribution in [-0.2, 0) is 43.5 Å². The molecule has 0 unspecified atom stereocenters. The summed E-state index contributed by atoms with van der Waals surface area (Å²) in [5.41, 5.74) is 12.3. The fourth-order valence-corrected chi connectivity index (χ4v) is 10.5. The molecule has 0 radical (unpaired) electrons. The second kappa shape index (κ2) is 24.7. The second-order valence-electron chi connectivity index (χ2n) is 20.2. The molecule has 0 spiro atoms. The van der Waals surface area contributed by atoms with Crippen LogP contribution in [0.15, 0.2) is 77.0 Å². The number of ether oxygens (including phenoxy) is 3. The highest BCUT2D eigenvalue weighted by Gasteiger charge is 2.44. The number of anilines is 1. The fourth-order valence-electron chi connectivity index (χ4n) is 9.69. The number of nitrogens with zero attached hydrogens (tertiary/aromatic N) is 3. The van der Waals surface area contributed by atoms with E-state index in [4.69, 9.17) is 14.2 Å². The second-order valence-corrected chi connectivity index (χ2v) is 21.0. The number of aliphatic hydroxyl groups is 1. The van der Waals surface area contributed by atoms with Crippen LogP contribution >= 0.6 is 11.3 Å². The van der Waals surface area contributed by atoms with Crippen LogP contribution in [0.1, 0.15) is 92.6 Å². The molecule has 0 saturated carbocycles. The summed E-state index contributed by atoms with van der Waals surface area (Å²) in [4.78, 5) is 65.8. The van der Waals surface area contributed by atoms with Crippen LogP contribution in [0.4, 0.5) is 5.69 Å². The molecule has 4 heterocycles. The van der Waals surface area contributed by atoms with Gasteiger partial charge in [-0.25, -0.2) is 4.98 Å². The van der Waals surface area contributed by atoms with Gasteiger partial charge in [0.15, 0.2) is 0 Å². The number of nitrogens with one attached hydrogen (secondary N) is 4. The van der Waals surface area contributed by atoms with Gasteiger partial charge in [-0.05, 0) is 122 Å². The molecule has 3 amide bonds. The molecule has 2 aromatic heterocycles. The van der Waals surface area contributed by atoms with Crippen molar-refractivity contribution in [3.8, 4) is 27.3 Å². The minimum Gasteiger partial charge on any atom is -0.494 e. The summed E-state index contributed by atoms with van der Waals surface area (Å²) in [6, 6.07) is 21.0. The number of pyridine rings is 1. The summed E-state index contributed by atoms with van der Waals surface area (Å²) in [6.07, 6.45) is 1.71. The lowest BCUT2D eigenvalue weighted by atomic mass is 9.85. The molecule has 386 valence electrons. The van der Waals surface area contributed by atoms with E-state index in [0.29, 0.717) is 37.9 Å². The van der Waals surface area contributed by atoms with Crippen LogP contribution in [0.2, 0.25) is 0 Å². The van der Waals surface area contributed by atoms with Gasteiger partial charge in [0.2, 0.25) is 17.7 Å². The number of likely N-dealkylation sites (tertiary alicyclic amines) is 1. The molecule has 5 aromatic rings. The van der Waals surface area contributed by atoms with Gasteiger partial charge in [0.25, 0.3) is 5.56 Å². The van der Waals surface area contributed by atoms with Gasteiger partial charge in [0, 0.05) is 81.8 Å². The number of H-pyrrole nitrogens is 1. The fraction of sp³-hybridized carbons (Fsp3) is 0.482. The number of aromatic nitrogens is 2. The zero-order chi connectivity index (χ0) is 51.5. The first-order chi connectivity index (χ1) is 34.5. The number of amides is 3. The first-order valence-corrected chi connectivity index (χ1v) is 26.1. The van der Waals surface area contributed by atoms with Crippen molar-refractivity contribution in [2.75, 3.05) is 51.0 Å². The SMILES string of the molecule is CCN(c1cc(-c2ccc(OCCCOCC(=O)N[C@H](C(=O)N3C[C@H](O)C[C@H]3C(=O)NCc3ccc(-c4scnc4C)cc3)C(C)(C)C)cc2)cc(CNCc2c(C)cc(C)[nH]c2=O)c1C)C1CCOCC1.